The number of para-hydroxylation sites is 1. The number of ether oxygens (including phenoxy) is 1. The van der Waals surface area contributed by atoms with Gasteiger partial charge < -0.3 is 10.1 Å². The second kappa shape index (κ2) is 10.2. The number of hydrogen-bond acceptors (Lipinski definition) is 3. The zero-order valence-electron chi connectivity index (χ0n) is 16.2. The van der Waals surface area contributed by atoms with Gasteiger partial charge in [-0.1, -0.05) is 68.3 Å². The van der Waals surface area contributed by atoms with Gasteiger partial charge in [-0.2, -0.15) is 5.26 Å². The summed E-state index contributed by atoms with van der Waals surface area (Å²) in [5.41, 5.74) is 3.20. The molecule has 3 rings (SSSR count). The zero-order chi connectivity index (χ0) is 21.5. The number of amides is 1. The minimum Gasteiger partial charge on any atom is -0.488 e. The SMILES string of the molecule is Cc1ccccc1NC(=O)/C(C#N)=C/c1cc(Br)ccc1OCc1ccccc1Br. The molecule has 150 valence electrons. The lowest BCUT2D eigenvalue weighted by atomic mass is 10.1. The van der Waals surface area contributed by atoms with Crippen molar-refractivity contribution < 1.29 is 9.53 Å². The molecule has 0 fully saturated rings. The van der Waals surface area contributed by atoms with Crippen LogP contribution in [0.15, 0.2) is 81.2 Å². The Morgan fingerprint density at radius 3 is 2.57 bits per heavy atom. The lowest BCUT2D eigenvalue weighted by molar-refractivity contribution is -0.112. The highest BCUT2D eigenvalue weighted by atomic mass is 79.9. The second-order valence-electron chi connectivity index (χ2n) is 6.50. The van der Waals surface area contributed by atoms with E-state index in [-0.39, 0.29) is 5.57 Å². The fourth-order valence-corrected chi connectivity index (χ4v) is 3.52. The third-order valence-corrected chi connectivity index (χ3v) is 5.64. The minimum atomic E-state index is -0.469. The molecule has 3 aromatic rings. The third kappa shape index (κ3) is 5.59. The van der Waals surface area contributed by atoms with Gasteiger partial charge >= 0.3 is 0 Å². The summed E-state index contributed by atoms with van der Waals surface area (Å²) in [6.07, 6.45) is 1.54. The summed E-state index contributed by atoms with van der Waals surface area (Å²) in [5.74, 6) is 0.105. The Bertz CT molecular complexity index is 1150. The molecule has 0 aliphatic carbocycles. The summed E-state index contributed by atoms with van der Waals surface area (Å²) >= 11 is 6.95. The van der Waals surface area contributed by atoms with Gasteiger partial charge in [0, 0.05) is 25.8 Å². The summed E-state index contributed by atoms with van der Waals surface area (Å²) in [4.78, 5) is 12.7. The van der Waals surface area contributed by atoms with E-state index in [2.05, 4.69) is 37.2 Å². The van der Waals surface area contributed by atoms with Crippen LogP contribution >= 0.6 is 31.9 Å². The number of hydrogen-bond donors (Lipinski definition) is 1. The maximum Gasteiger partial charge on any atom is 0.266 e. The molecule has 1 N–H and O–H groups in total. The van der Waals surface area contributed by atoms with Gasteiger partial charge in [-0.3, -0.25) is 4.79 Å². The van der Waals surface area contributed by atoms with Gasteiger partial charge in [-0.15, -0.1) is 0 Å². The van der Waals surface area contributed by atoms with E-state index >= 15 is 0 Å². The van der Waals surface area contributed by atoms with Crippen molar-refractivity contribution in [3.63, 3.8) is 0 Å². The first-order valence-electron chi connectivity index (χ1n) is 9.12. The molecule has 0 heterocycles. The highest BCUT2D eigenvalue weighted by Gasteiger charge is 2.13. The van der Waals surface area contributed by atoms with Crippen LogP contribution in [-0.4, -0.2) is 5.91 Å². The maximum absolute atomic E-state index is 12.7. The molecule has 0 aliphatic rings. The van der Waals surface area contributed by atoms with Crippen LogP contribution < -0.4 is 10.1 Å². The molecule has 0 aliphatic heterocycles. The van der Waals surface area contributed by atoms with Crippen LogP contribution in [0, 0.1) is 18.3 Å². The zero-order valence-corrected chi connectivity index (χ0v) is 19.3. The molecular formula is C24H18Br2N2O2. The molecule has 0 bridgehead atoms. The molecule has 0 spiro atoms. The topological polar surface area (TPSA) is 62.1 Å². The van der Waals surface area contributed by atoms with Crippen LogP contribution in [0.3, 0.4) is 0 Å². The van der Waals surface area contributed by atoms with Gasteiger partial charge in [0.25, 0.3) is 5.91 Å². The van der Waals surface area contributed by atoms with E-state index in [9.17, 15) is 10.1 Å². The Balaban J connectivity index is 1.86. The number of aryl methyl sites for hydroxylation is 1. The molecule has 0 saturated heterocycles. The van der Waals surface area contributed by atoms with E-state index in [1.165, 1.54) is 6.08 Å². The quantitative estimate of drug-likeness (QED) is 0.289. The monoisotopic (exact) mass is 524 g/mol. The highest BCUT2D eigenvalue weighted by molar-refractivity contribution is 9.10. The Labute approximate surface area is 192 Å². The van der Waals surface area contributed by atoms with E-state index in [1.807, 2.05) is 67.6 Å². The van der Waals surface area contributed by atoms with Crippen LogP contribution in [-0.2, 0) is 11.4 Å². The Morgan fingerprint density at radius 1 is 1.10 bits per heavy atom. The van der Waals surface area contributed by atoms with E-state index < -0.39 is 5.91 Å². The van der Waals surface area contributed by atoms with Crippen molar-refractivity contribution in [3.8, 4) is 11.8 Å². The van der Waals surface area contributed by atoms with Gasteiger partial charge in [-0.05, 0) is 48.9 Å². The minimum absolute atomic E-state index is 0.0119. The molecule has 4 nitrogen and oxygen atoms in total. The summed E-state index contributed by atoms with van der Waals surface area (Å²) in [6.45, 7) is 2.24. The van der Waals surface area contributed by atoms with Gasteiger partial charge in [0.05, 0.1) is 0 Å². The predicted molar refractivity (Wildman–Crippen MR) is 126 cm³/mol. The van der Waals surface area contributed by atoms with Gasteiger partial charge in [0.2, 0.25) is 0 Å². The smallest absolute Gasteiger partial charge is 0.266 e. The number of anilines is 1. The molecule has 3 aromatic carbocycles. The fraction of sp³-hybridized carbons (Fsp3) is 0.0833. The summed E-state index contributed by atoms with van der Waals surface area (Å²) in [5, 5.41) is 12.4. The number of halogens is 2. The Morgan fingerprint density at radius 2 is 1.83 bits per heavy atom. The number of rotatable bonds is 6. The van der Waals surface area contributed by atoms with Crippen LogP contribution in [0.25, 0.3) is 6.08 Å². The highest BCUT2D eigenvalue weighted by Crippen LogP contribution is 2.28. The van der Waals surface area contributed by atoms with Crippen LogP contribution in [0.2, 0.25) is 0 Å². The first kappa shape index (κ1) is 21.8. The fourth-order valence-electron chi connectivity index (χ4n) is 2.74. The molecule has 0 saturated carbocycles. The molecule has 1 amide bonds. The van der Waals surface area contributed by atoms with Crippen molar-refractivity contribution in [2.75, 3.05) is 5.32 Å². The number of benzene rings is 3. The van der Waals surface area contributed by atoms with Crippen molar-refractivity contribution in [1.82, 2.24) is 0 Å². The van der Waals surface area contributed by atoms with Gasteiger partial charge in [0.15, 0.2) is 0 Å². The van der Waals surface area contributed by atoms with Crippen molar-refractivity contribution in [2.45, 2.75) is 13.5 Å². The van der Waals surface area contributed by atoms with Crippen molar-refractivity contribution >= 4 is 49.5 Å². The number of nitriles is 1. The molecule has 30 heavy (non-hydrogen) atoms. The lowest BCUT2D eigenvalue weighted by Gasteiger charge is -2.12. The molecule has 0 aromatic heterocycles. The molecule has 0 atom stereocenters. The summed E-state index contributed by atoms with van der Waals surface area (Å²) < 4.78 is 7.76. The van der Waals surface area contributed by atoms with Crippen molar-refractivity contribution in [3.05, 3.63) is 97.9 Å². The predicted octanol–water partition coefficient (Wildman–Crippen LogP) is 6.64. The number of carbonyl (C=O) groups is 1. The van der Waals surface area contributed by atoms with E-state index in [0.29, 0.717) is 23.6 Å². The van der Waals surface area contributed by atoms with Gasteiger partial charge in [-0.25, -0.2) is 0 Å². The summed E-state index contributed by atoms with van der Waals surface area (Å²) in [6, 6.07) is 22.7. The maximum atomic E-state index is 12.7. The number of nitrogens with one attached hydrogen (secondary N) is 1. The van der Waals surface area contributed by atoms with Gasteiger partial charge in [0.1, 0.15) is 24.0 Å². The normalized spacial score (nSPS) is 10.9. The second-order valence-corrected chi connectivity index (χ2v) is 8.27. The third-order valence-electron chi connectivity index (χ3n) is 4.37. The Hall–Kier alpha value is -2.88. The largest absolute Gasteiger partial charge is 0.488 e. The molecule has 0 radical (unpaired) electrons. The molecule has 0 unspecified atom stereocenters. The number of carbonyl (C=O) groups excluding carboxylic acids is 1. The standard InChI is InChI=1S/C24H18Br2N2O2/c1-16-6-2-5-9-22(16)28-24(29)19(14-27)12-18-13-20(25)10-11-23(18)30-15-17-7-3-4-8-21(17)26/h2-13H,15H2,1H3,(H,28,29)/b19-12+. The van der Waals surface area contributed by atoms with Crippen molar-refractivity contribution in [2.24, 2.45) is 0 Å². The van der Waals surface area contributed by atoms with E-state index in [4.69, 9.17) is 4.74 Å². The average Bonchev–Trinajstić information content (AvgIpc) is 2.74. The van der Waals surface area contributed by atoms with E-state index in [1.54, 1.807) is 12.1 Å². The first-order valence-corrected chi connectivity index (χ1v) is 10.7. The number of nitrogens with zero attached hydrogens (tertiary/aromatic N) is 1. The van der Waals surface area contributed by atoms with E-state index in [0.717, 1.165) is 20.1 Å². The Kier molecular flexibility index (Phi) is 7.45. The molecular weight excluding hydrogens is 508 g/mol. The summed E-state index contributed by atoms with van der Waals surface area (Å²) in [7, 11) is 0. The average molecular weight is 526 g/mol. The van der Waals surface area contributed by atoms with Crippen LogP contribution in [0.5, 0.6) is 5.75 Å². The first-order chi connectivity index (χ1) is 14.5. The molecule has 6 heteroatoms. The van der Waals surface area contributed by atoms with Crippen LogP contribution in [0.4, 0.5) is 5.69 Å². The van der Waals surface area contributed by atoms with Crippen molar-refractivity contribution in [1.29, 1.82) is 5.26 Å². The lowest BCUT2D eigenvalue weighted by Crippen LogP contribution is -2.14. The van der Waals surface area contributed by atoms with Crippen LogP contribution in [0.1, 0.15) is 16.7 Å².